The van der Waals surface area contributed by atoms with Gasteiger partial charge >= 0.3 is 0 Å². The van der Waals surface area contributed by atoms with Gasteiger partial charge in [0, 0.05) is 17.4 Å². The maximum Gasteiger partial charge on any atom is 0.220 e. The fraction of sp³-hybridized carbons (Fsp3) is 0.375. The number of nitrogen functional groups attached to an aromatic ring is 1. The summed E-state index contributed by atoms with van der Waals surface area (Å²) in [5.74, 6) is 1.50. The molecule has 0 radical (unpaired) electrons. The van der Waals surface area contributed by atoms with E-state index >= 15 is 0 Å². The van der Waals surface area contributed by atoms with Crippen LogP contribution in [-0.4, -0.2) is 30.6 Å². The molecule has 1 aliphatic heterocycles. The molecule has 0 aliphatic carbocycles. The van der Waals surface area contributed by atoms with Crippen LogP contribution in [-0.2, 0) is 17.6 Å². The second-order valence-electron chi connectivity index (χ2n) is 5.41. The van der Waals surface area contributed by atoms with Gasteiger partial charge < -0.3 is 20.5 Å². The fourth-order valence-corrected chi connectivity index (χ4v) is 3.22. The summed E-state index contributed by atoms with van der Waals surface area (Å²) >= 11 is 1.39. The maximum atomic E-state index is 12.1. The van der Waals surface area contributed by atoms with E-state index in [1.165, 1.54) is 11.3 Å². The van der Waals surface area contributed by atoms with E-state index in [1.54, 1.807) is 7.11 Å². The zero-order valence-electron chi connectivity index (χ0n) is 12.9. The van der Waals surface area contributed by atoms with Crippen LogP contribution in [0.15, 0.2) is 23.6 Å². The average Bonchev–Trinajstić information content (AvgIpc) is 2.97. The summed E-state index contributed by atoms with van der Waals surface area (Å²) in [6, 6.07) is 5.77. The number of carbonyl (C=O) groups excluding carboxylic acids is 1. The van der Waals surface area contributed by atoms with Gasteiger partial charge in [0.05, 0.1) is 18.8 Å². The molecule has 3 rings (SSSR count). The summed E-state index contributed by atoms with van der Waals surface area (Å²) in [6.07, 6.45) is 1.73. The predicted octanol–water partition coefficient (Wildman–Crippen LogP) is 1.79. The van der Waals surface area contributed by atoms with Crippen LogP contribution in [0.4, 0.5) is 5.13 Å². The number of fused-ring (bicyclic) bond motifs is 1. The van der Waals surface area contributed by atoms with E-state index < -0.39 is 0 Å². The zero-order chi connectivity index (χ0) is 16.2. The number of para-hydroxylation sites is 1. The molecule has 7 heteroatoms. The van der Waals surface area contributed by atoms with Crippen molar-refractivity contribution in [3.63, 3.8) is 0 Å². The lowest BCUT2D eigenvalue weighted by molar-refractivity contribution is -0.122. The maximum absolute atomic E-state index is 12.1. The molecule has 3 N–H and O–H groups in total. The number of ether oxygens (including phenoxy) is 2. The SMILES string of the molecule is COc1cccc2c1OCC(NC(=O)CCc1csc(N)n1)C2. The third-order valence-corrected chi connectivity index (χ3v) is 4.44. The van der Waals surface area contributed by atoms with Crippen LogP contribution >= 0.6 is 11.3 Å². The van der Waals surface area contributed by atoms with Crippen molar-refractivity contribution in [2.75, 3.05) is 19.5 Å². The lowest BCUT2D eigenvalue weighted by atomic mass is 10.0. The minimum Gasteiger partial charge on any atom is -0.493 e. The Balaban J connectivity index is 1.54. The third kappa shape index (κ3) is 3.73. The Kier molecular flexibility index (Phi) is 4.66. The molecule has 0 saturated heterocycles. The van der Waals surface area contributed by atoms with Crippen LogP contribution in [0.5, 0.6) is 11.5 Å². The van der Waals surface area contributed by atoms with Crippen molar-refractivity contribution in [2.45, 2.75) is 25.3 Å². The van der Waals surface area contributed by atoms with Gasteiger partial charge in [0.25, 0.3) is 0 Å². The second kappa shape index (κ2) is 6.87. The Bertz CT molecular complexity index is 702. The van der Waals surface area contributed by atoms with E-state index in [2.05, 4.69) is 10.3 Å². The number of aromatic nitrogens is 1. The number of hydrogen-bond donors (Lipinski definition) is 2. The van der Waals surface area contributed by atoms with Crippen LogP contribution < -0.4 is 20.5 Å². The summed E-state index contributed by atoms with van der Waals surface area (Å²) in [7, 11) is 1.62. The molecule has 1 atom stereocenters. The van der Waals surface area contributed by atoms with E-state index in [9.17, 15) is 4.79 Å². The number of amides is 1. The largest absolute Gasteiger partial charge is 0.493 e. The lowest BCUT2D eigenvalue weighted by Crippen LogP contribution is -2.42. The molecule has 1 aliphatic rings. The van der Waals surface area contributed by atoms with Crippen LogP contribution in [0, 0.1) is 0 Å². The van der Waals surface area contributed by atoms with Gasteiger partial charge in [-0.1, -0.05) is 12.1 Å². The fourth-order valence-electron chi connectivity index (χ4n) is 2.63. The molecule has 2 aromatic rings. The van der Waals surface area contributed by atoms with Gasteiger partial charge in [-0.25, -0.2) is 4.98 Å². The van der Waals surface area contributed by atoms with Crippen molar-refractivity contribution in [1.29, 1.82) is 0 Å². The number of aryl methyl sites for hydroxylation is 1. The van der Waals surface area contributed by atoms with Crippen molar-refractivity contribution in [2.24, 2.45) is 0 Å². The van der Waals surface area contributed by atoms with Crippen LogP contribution in [0.3, 0.4) is 0 Å². The van der Waals surface area contributed by atoms with E-state index in [0.717, 1.165) is 29.2 Å². The summed E-state index contributed by atoms with van der Waals surface area (Å²) in [5, 5.41) is 5.43. The predicted molar refractivity (Wildman–Crippen MR) is 89.0 cm³/mol. The summed E-state index contributed by atoms with van der Waals surface area (Å²) in [5.41, 5.74) is 7.49. The molecule has 2 heterocycles. The lowest BCUT2D eigenvalue weighted by Gasteiger charge is -2.27. The first-order valence-corrected chi connectivity index (χ1v) is 8.31. The van der Waals surface area contributed by atoms with E-state index in [4.69, 9.17) is 15.2 Å². The van der Waals surface area contributed by atoms with Crippen LogP contribution in [0.2, 0.25) is 0 Å². The molecule has 6 nitrogen and oxygen atoms in total. The molecule has 0 bridgehead atoms. The Morgan fingerprint density at radius 2 is 2.43 bits per heavy atom. The number of hydrogen-bond acceptors (Lipinski definition) is 6. The van der Waals surface area contributed by atoms with Crippen LogP contribution in [0.1, 0.15) is 17.7 Å². The number of nitrogens with zero attached hydrogens (tertiary/aromatic N) is 1. The van der Waals surface area contributed by atoms with Gasteiger partial charge in [0.1, 0.15) is 6.61 Å². The van der Waals surface area contributed by atoms with Crippen molar-refractivity contribution in [3.05, 3.63) is 34.8 Å². The minimum atomic E-state index is -0.0254. The van der Waals surface area contributed by atoms with Crippen molar-refractivity contribution in [1.82, 2.24) is 10.3 Å². The topological polar surface area (TPSA) is 86.5 Å². The third-order valence-electron chi connectivity index (χ3n) is 3.72. The molecule has 23 heavy (non-hydrogen) atoms. The highest BCUT2D eigenvalue weighted by Crippen LogP contribution is 2.34. The number of nitrogens with one attached hydrogen (secondary N) is 1. The second-order valence-corrected chi connectivity index (χ2v) is 6.29. The van der Waals surface area contributed by atoms with Gasteiger partial charge in [-0.2, -0.15) is 0 Å². The average molecular weight is 333 g/mol. The first-order chi connectivity index (χ1) is 11.2. The van der Waals surface area contributed by atoms with Gasteiger partial charge in [-0.3, -0.25) is 4.79 Å². The van der Waals surface area contributed by atoms with Crippen molar-refractivity contribution in [3.8, 4) is 11.5 Å². The Morgan fingerprint density at radius 3 is 3.17 bits per heavy atom. The quantitative estimate of drug-likeness (QED) is 0.871. The monoisotopic (exact) mass is 333 g/mol. The van der Waals surface area contributed by atoms with E-state index in [0.29, 0.717) is 24.6 Å². The molecule has 1 amide bonds. The highest BCUT2D eigenvalue weighted by molar-refractivity contribution is 7.13. The Labute approximate surface area is 138 Å². The van der Waals surface area contributed by atoms with Crippen molar-refractivity contribution >= 4 is 22.4 Å². The van der Waals surface area contributed by atoms with Gasteiger partial charge in [-0.15, -0.1) is 11.3 Å². The highest BCUT2D eigenvalue weighted by Gasteiger charge is 2.23. The Hall–Kier alpha value is -2.28. The molecule has 0 saturated carbocycles. The van der Waals surface area contributed by atoms with Crippen LogP contribution in [0.25, 0.3) is 0 Å². The summed E-state index contributed by atoms with van der Waals surface area (Å²) in [6.45, 7) is 0.447. The molecule has 1 unspecified atom stereocenters. The number of carbonyl (C=O) groups is 1. The first kappa shape index (κ1) is 15.6. The minimum absolute atomic E-state index is 0.00322. The molecule has 1 aromatic carbocycles. The van der Waals surface area contributed by atoms with E-state index in [-0.39, 0.29) is 11.9 Å². The molecule has 122 valence electrons. The highest BCUT2D eigenvalue weighted by atomic mass is 32.1. The molecular weight excluding hydrogens is 314 g/mol. The summed E-state index contributed by atoms with van der Waals surface area (Å²) < 4.78 is 11.0. The van der Waals surface area contributed by atoms with Gasteiger partial charge in [0.2, 0.25) is 5.91 Å². The normalized spacial score (nSPS) is 16.3. The molecular formula is C16H19N3O3S. The smallest absolute Gasteiger partial charge is 0.220 e. The molecule has 0 spiro atoms. The zero-order valence-corrected chi connectivity index (χ0v) is 13.7. The number of methoxy groups -OCH3 is 1. The van der Waals surface area contributed by atoms with Gasteiger partial charge in [0.15, 0.2) is 16.6 Å². The number of benzene rings is 1. The first-order valence-electron chi connectivity index (χ1n) is 7.43. The number of nitrogens with two attached hydrogens (primary N) is 1. The standard InChI is InChI=1S/C16H19N3O3S/c1-21-13-4-2-3-10-7-12(8-22-15(10)13)18-14(20)6-5-11-9-23-16(17)19-11/h2-4,9,12H,5-8H2,1H3,(H2,17,19)(H,18,20). The number of anilines is 1. The van der Waals surface area contributed by atoms with Crippen molar-refractivity contribution < 1.29 is 14.3 Å². The number of thiazole rings is 1. The molecule has 1 aromatic heterocycles. The number of rotatable bonds is 5. The Morgan fingerprint density at radius 1 is 1.57 bits per heavy atom. The molecule has 0 fully saturated rings. The summed E-state index contributed by atoms with van der Waals surface area (Å²) in [4.78, 5) is 16.2. The van der Waals surface area contributed by atoms with Gasteiger partial charge in [-0.05, 0) is 18.9 Å². The van der Waals surface area contributed by atoms with E-state index in [1.807, 2.05) is 23.6 Å².